The van der Waals surface area contributed by atoms with Crippen molar-refractivity contribution in [2.75, 3.05) is 39.9 Å². The molecule has 6 heterocycles. The summed E-state index contributed by atoms with van der Waals surface area (Å²) in [4.78, 5) is 63.3. The van der Waals surface area contributed by atoms with Gasteiger partial charge in [-0.15, -0.1) is 5.10 Å². The molecule has 10 rings (SSSR count). The van der Waals surface area contributed by atoms with Crippen molar-refractivity contribution in [1.29, 1.82) is 0 Å². The molecule has 5 N–H and O–H groups in total. The maximum absolute atomic E-state index is 13.5. The number of amides is 3. The number of ketones is 1. The van der Waals surface area contributed by atoms with Crippen molar-refractivity contribution in [2.24, 2.45) is 16.6 Å². The van der Waals surface area contributed by atoms with Gasteiger partial charge in [0, 0.05) is 98.0 Å². The van der Waals surface area contributed by atoms with Gasteiger partial charge in [0.15, 0.2) is 5.78 Å². The van der Waals surface area contributed by atoms with Gasteiger partial charge in [-0.1, -0.05) is 73.8 Å². The van der Waals surface area contributed by atoms with Crippen molar-refractivity contribution < 1.29 is 23.9 Å². The average Bonchev–Trinajstić information content (AvgIpc) is 3.73. The van der Waals surface area contributed by atoms with Gasteiger partial charge in [0.2, 0.25) is 11.8 Å². The second-order valence-corrected chi connectivity index (χ2v) is 22.2. The Morgan fingerprint density at radius 3 is 2.48 bits per heavy atom. The Kier molecular flexibility index (Phi) is 15.2. The van der Waals surface area contributed by atoms with Crippen LogP contribution in [0.5, 0.6) is 0 Å². The van der Waals surface area contributed by atoms with Crippen LogP contribution in [-0.4, -0.2) is 118 Å². The number of carbonyl (C=O) groups is 4. The first-order valence-electron chi connectivity index (χ1n) is 26.1. The van der Waals surface area contributed by atoms with Gasteiger partial charge in [-0.2, -0.15) is 5.10 Å². The summed E-state index contributed by atoms with van der Waals surface area (Å²) < 4.78 is 5.34. The van der Waals surface area contributed by atoms with Crippen LogP contribution < -0.4 is 21.7 Å². The van der Waals surface area contributed by atoms with Crippen LogP contribution in [0.25, 0.3) is 11.3 Å². The molecule has 15 nitrogen and oxygen atoms in total. The normalized spacial score (nSPS) is 24.6. The van der Waals surface area contributed by atoms with E-state index in [0.717, 1.165) is 92.2 Å². The van der Waals surface area contributed by atoms with Crippen LogP contribution in [0.15, 0.2) is 107 Å². The Bertz CT molecular complexity index is 2770. The van der Waals surface area contributed by atoms with Crippen LogP contribution in [0, 0.1) is 5.92 Å². The van der Waals surface area contributed by atoms with Gasteiger partial charge in [-0.25, -0.2) is 4.99 Å². The molecule has 5 aliphatic heterocycles. The van der Waals surface area contributed by atoms with Crippen LogP contribution in [-0.2, 0) is 27.3 Å². The number of allylic oxidation sites excluding steroid dienone is 3. The Morgan fingerprint density at radius 2 is 1.78 bits per heavy atom. The monoisotopic (exact) mass is 1000 g/mol. The zero-order valence-corrected chi connectivity index (χ0v) is 42.9. The highest BCUT2D eigenvalue weighted by molar-refractivity contribution is 8.04. The number of nitrogens with zero attached hydrogens (tertiary/aromatic N) is 6. The molecule has 1 aromatic heterocycles. The third-order valence-corrected chi connectivity index (χ3v) is 17.0. The van der Waals surface area contributed by atoms with Crippen molar-refractivity contribution in [1.82, 2.24) is 40.8 Å². The first kappa shape index (κ1) is 50.3. The summed E-state index contributed by atoms with van der Waals surface area (Å²) >= 11 is 1.77. The lowest BCUT2D eigenvalue weighted by Crippen LogP contribution is -2.53. The number of likely N-dealkylation sites (tertiary alicyclic amines) is 1. The van der Waals surface area contributed by atoms with Gasteiger partial charge in [0.1, 0.15) is 22.9 Å². The zero-order valence-electron chi connectivity index (χ0n) is 42.1. The first-order chi connectivity index (χ1) is 35.4. The number of fused-ring (bicyclic) bond motifs is 1. The summed E-state index contributed by atoms with van der Waals surface area (Å²) in [5, 5.41) is 18.5. The molecule has 0 radical (unpaired) electrons. The number of methoxy groups -OCH3 is 1. The summed E-state index contributed by atoms with van der Waals surface area (Å²) in [6.45, 7) is 10.8. The molecule has 3 fully saturated rings. The van der Waals surface area contributed by atoms with Crippen LogP contribution in [0.2, 0.25) is 0 Å². The number of hydrogen-bond donors (Lipinski definition) is 4. The average molecular weight is 1010 g/mol. The highest BCUT2D eigenvalue weighted by Gasteiger charge is 2.39. The quantitative estimate of drug-likeness (QED) is 0.0834. The number of aliphatic imine (C=N–C) groups is 1. The molecule has 2 aromatic carbocycles. The number of aromatic nitrogens is 2. The highest BCUT2D eigenvalue weighted by Crippen LogP contribution is 2.37. The fourth-order valence-corrected chi connectivity index (χ4v) is 12.5. The molecule has 0 bridgehead atoms. The highest BCUT2D eigenvalue weighted by atomic mass is 32.2. The lowest BCUT2D eigenvalue weighted by molar-refractivity contribution is -0.136. The number of carbonyl (C=O) groups excluding carboxylic acids is 4. The molecule has 16 heteroatoms. The minimum Gasteiger partial charge on any atom is -0.383 e. The number of Topliss-reactive ketones (excluding diaryl/α,β-unsaturated/α-hetero) is 1. The predicted molar refractivity (Wildman–Crippen MR) is 286 cm³/mol. The van der Waals surface area contributed by atoms with Gasteiger partial charge in [-0.05, 0) is 129 Å². The van der Waals surface area contributed by atoms with E-state index in [2.05, 4.69) is 85.0 Å². The fourth-order valence-electron chi connectivity index (χ4n) is 11.6. The number of piperidine rings is 2. The van der Waals surface area contributed by atoms with Gasteiger partial charge in [0.25, 0.3) is 5.91 Å². The molecule has 3 amide bonds. The standard InChI is InChI=1S/C57H68N10O5S/c1-36(29-38-7-16-47-43(30-38)34-67(56(47)71)50-19-20-52(68)62-55(50)70)54(69)49-18-17-48(63-64-49)42-21-25-65(26-22-42)45-14-12-41(13-15-45)40-10-8-39(9-11-40)37(2)61-44-5-4-6-46(31-44)73-53-33-59-51(32-60-53)66-27-23-57(58,24-28-66)35-72-3/h6-11,16-18,21,30-33,36,41,45,50,53,60-61H,2,4-5,12-15,19-20,22-29,34-35,58H2,1,3H3,(H,62,68,70). The van der Waals surface area contributed by atoms with Crippen molar-refractivity contribution in [3.8, 4) is 0 Å². The molecule has 0 spiro atoms. The Labute approximate surface area is 432 Å². The van der Waals surface area contributed by atoms with E-state index in [1.54, 1.807) is 35.9 Å². The number of ether oxygens (including phenoxy) is 1. The number of benzene rings is 2. The topological polar surface area (TPSA) is 187 Å². The molecule has 73 heavy (non-hydrogen) atoms. The van der Waals surface area contributed by atoms with E-state index in [0.29, 0.717) is 49.2 Å². The van der Waals surface area contributed by atoms with Crippen LogP contribution in [0.4, 0.5) is 0 Å². The molecule has 7 aliphatic rings. The molecule has 382 valence electrons. The summed E-state index contributed by atoms with van der Waals surface area (Å²) in [7, 11) is 1.71. The van der Waals surface area contributed by atoms with Crippen molar-refractivity contribution in [3.63, 3.8) is 0 Å². The Balaban J connectivity index is 0.645. The van der Waals surface area contributed by atoms with E-state index in [-0.39, 0.29) is 40.8 Å². The fraction of sp³-hybridized carbons (Fsp3) is 0.456. The number of nitrogens with one attached hydrogen (secondary N) is 3. The maximum Gasteiger partial charge on any atom is 0.255 e. The Morgan fingerprint density at radius 1 is 0.973 bits per heavy atom. The maximum atomic E-state index is 13.5. The summed E-state index contributed by atoms with van der Waals surface area (Å²) in [6.07, 6.45) is 21.2. The van der Waals surface area contributed by atoms with Crippen molar-refractivity contribution in [2.45, 2.75) is 119 Å². The second kappa shape index (κ2) is 22.1. The van der Waals surface area contributed by atoms with Crippen molar-refractivity contribution >= 4 is 52.8 Å². The molecule has 2 aliphatic carbocycles. The number of hydrogen-bond acceptors (Lipinski definition) is 14. The zero-order chi connectivity index (χ0) is 50.6. The molecule has 3 aromatic rings. The molecule has 3 unspecified atom stereocenters. The molecule has 3 atom stereocenters. The first-order valence-corrected chi connectivity index (χ1v) is 27.0. The predicted octanol–water partition coefficient (Wildman–Crippen LogP) is 7.21. The molecular weight excluding hydrogens is 937 g/mol. The SMILES string of the molecule is C=C(NC1=CC(SC2C=NC(N3CCC(N)(COC)CC3)=CN2)=CCC1)c1ccc(C2CCC(N3CC=C(c4ccc(C(=O)C(C)Cc5ccc6c(c5)CN(C5CCC(=O)NC5=O)C6=O)nn4)CC3)CC2)cc1. The van der Waals surface area contributed by atoms with Gasteiger partial charge >= 0.3 is 0 Å². The summed E-state index contributed by atoms with van der Waals surface area (Å²) in [6, 6.07) is 18.2. The minimum atomic E-state index is -0.662. The van der Waals surface area contributed by atoms with Crippen LogP contribution in [0.1, 0.15) is 132 Å². The lowest BCUT2D eigenvalue weighted by atomic mass is 9.80. The van der Waals surface area contributed by atoms with Crippen LogP contribution >= 0.6 is 11.8 Å². The summed E-state index contributed by atoms with van der Waals surface area (Å²) in [5.41, 5.74) is 15.5. The van der Waals surface area contributed by atoms with Crippen LogP contribution in [0.3, 0.4) is 0 Å². The smallest absolute Gasteiger partial charge is 0.255 e. The number of imide groups is 1. The van der Waals surface area contributed by atoms with Gasteiger partial charge in [-0.3, -0.25) is 29.4 Å². The Hall–Kier alpha value is -6.20. The van der Waals surface area contributed by atoms with E-state index >= 15 is 0 Å². The van der Waals surface area contributed by atoms with E-state index in [1.807, 2.05) is 37.5 Å². The third-order valence-electron chi connectivity index (χ3n) is 15.9. The van der Waals surface area contributed by atoms with E-state index in [9.17, 15) is 19.2 Å². The summed E-state index contributed by atoms with van der Waals surface area (Å²) in [5.74, 6) is 0.137. The number of rotatable bonds is 16. The van der Waals surface area contributed by atoms with Gasteiger partial charge in [0.05, 0.1) is 12.3 Å². The second-order valence-electron chi connectivity index (χ2n) is 21.0. The number of thioether (sulfide) groups is 1. The van der Waals surface area contributed by atoms with Gasteiger partial charge < -0.3 is 30.9 Å². The van der Waals surface area contributed by atoms with E-state index in [4.69, 9.17) is 15.5 Å². The van der Waals surface area contributed by atoms with E-state index in [1.165, 1.54) is 47.4 Å². The molecular formula is C57H68N10O5S. The lowest BCUT2D eigenvalue weighted by Gasteiger charge is -2.40. The molecule has 1 saturated carbocycles. The van der Waals surface area contributed by atoms with E-state index < -0.39 is 11.9 Å². The molecule has 2 saturated heterocycles. The largest absolute Gasteiger partial charge is 0.383 e. The minimum absolute atomic E-state index is 0.0633. The number of nitrogens with two attached hydrogens (primary N) is 1. The van der Waals surface area contributed by atoms with Crippen molar-refractivity contribution in [3.05, 3.63) is 141 Å². The third kappa shape index (κ3) is 11.6.